The number of ether oxygens (including phenoxy) is 1. The molecule has 2 N–H and O–H groups in total. The van der Waals surface area contributed by atoms with Crippen molar-refractivity contribution in [2.75, 3.05) is 26.7 Å². The number of halogens is 2. The number of hydrogen-bond acceptors (Lipinski definition) is 3. The van der Waals surface area contributed by atoms with Crippen molar-refractivity contribution >= 4 is 29.9 Å². The van der Waals surface area contributed by atoms with Crippen molar-refractivity contribution in [3.8, 4) is 5.75 Å². The summed E-state index contributed by atoms with van der Waals surface area (Å²) in [5.74, 6) is 0.591. The van der Waals surface area contributed by atoms with E-state index in [0.717, 1.165) is 18.7 Å². The first-order chi connectivity index (χ1) is 14.2. The molecule has 0 aromatic heterocycles. The smallest absolute Gasteiger partial charge is 0.191 e. The number of nitrogens with zero attached hydrogens (tertiary/aromatic N) is 2. The van der Waals surface area contributed by atoms with E-state index in [1.54, 1.807) is 6.07 Å². The largest absolute Gasteiger partial charge is 0.494 e. The predicted octanol–water partition coefficient (Wildman–Crippen LogP) is 4.30. The van der Waals surface area contributed by atoms with E-state index in [2.05, 4.69) is 44.8 Å². The topological polar surface area (TPSA) is 48.9 Å². The Labute approximate surface area is 196 Å². The molecular formula is C23H32FIN4O. The number of hydrogen-bond donors (Lipinski definition) is 2. The van der Waals surface area contributed by atoms with Crippen molar-refractivity contribution in [1.29, 1.82) is 0 Å². The Morgan fingerprint density at radius 3 is 2.33 bits per heavy atom. The zero-order valence-electron chi connectivity index (χ0n) is 17.8. The standard InChI is InChI=1S/C23H31FN4O.HI/c1-3-25-23(27-16-20-10-11-22(29-2)21(24)14-20)26-15-18-6-8-19(9-7-18)17-28-12-4-5-13-28;/h6-11,14H,3-5,12-13,15-17H2,1-2H3,(H2,25,26,27);1H. The molecule has 0 spiro atoms. The van der Waals surface area contributed by atoms with Gasteiger partial charge in [-0.1, -0.05) is 30.3 Å². The van der Waals surface area contributed by atoms with Gasteiger partial charge < -0.3 is 15.4 Å². The van der Waals surface area contributed by atoms with Crippen LogP contribution in [0.3, 0.4) is 0 Å². The number of nitrogens with one attached hydrogen (secondary N) is 2. The van der Waals surface area contributed by atoms with Gasteiger partial charge >= 0.3 is 0 Å². The quantitative estimate of drug-likeness (QED) is 0.306. The van der Waals surface area contributed by atoms with Gasteiger partial charge in [0.2, 0.25) is 0 Å². The summed E-state index contributed by atoms with van der Waals surface area (Å²) in [6.45, 7) is 7.33. The van der Waals surface area contributed by atoms with Crippen LogP contribution >= 0.6 is 24.0 Å². The van der Waals surface area contributed by atoms with Gasteiger partial charge in [-0.2, -0.15) is 0 Å². The monoisotopic (exact) mass is 526 g/mol. The van der Waals surface area contributed by atoms with Crippen LogP contribution in [0.25, 0.3) is 0 Å². The molecule has 30 heavy (non-hydrogen) atoms. The Morgan fingerprint density at radius 1 is 1.03 bits per heavy atom. The summed E-state index contributed by atoms with van der Waals surface area (Å²) >= 11 is 0. The van der Waals surface area contributed by atoms with E-state index in [9.17, 15) is 4.39 Å². The normalized spacial score (nSPS) is 14.3. The maximum atomic E-state index is 13.8. The molecule has 2 aromatic carbocycles. The molecule has 1 aliphatic rings. The summed E-state index contributed by atoms with van der Waals surface area (Å²) < 4.78 is 18.8. The molecule has 5 nitrogen and oxygen atoms in total. The lowest BCUT2D eigenvalue weighted by atomic mass is 10.1. The highest BCUT2D eigenvalue weighted by atomic mass is 127. The molecule has 0 bridgehead atoms. The molecule has 7 heteroatoms. The Kier molecular flexibility index (Phi) is 10.4. The van der Waals surface area contributed by atoms with E-state index >= 15 is 0 Å². The Bertz CT molecular complexity index is 807. The van der Waals surface area contributed by atoms with E-state index in [-0.39, 0.29) is 35.5 Å². The average Bonchev–Trinajstić information content (AvgIpc) is 3.24. The maximum Gasteiger partial charge on any atom is 0.191 e. The minimum Gasteiger partial charge on any atom is -0.494 e. The molecule has 0 amide bonds. The van der Waals surface area contributed by atoms with Crippen LogP contribution < -0.4 is 15.4 Å². The highest BCUT2D eigenvalue weighted by Crippen LogP contribution is 2.18. The molecule has 0 atom stereocenters. The zero-order chi connectivity index (χ0) is 20.5. The molecule has 1 fully saturated rings. The molecule has 1 aliphatic heterocycles. The third-order valence-corrected chi connectivity index (χ3v) is 5.07. The first-order valence-corrected chi connectivity index (χ1v) is 10.3. The Morgan fingerprint density at radius 2 is 1.70 bits per heavy atom. The van der Waals surface area contributed by atoms with Crippen LogP contribution in [0.5, 0.6) is 5.75 Å². The fourth-order valence-corrected chi connectivity index (χ4v) is 3.47. The second-order valence-corrected chi connectivity index (χ2v) is 7.32. The van der Waals surface area contributed by atoms with Crippen molar-refractivity contribution in [1.82, 2.24) is 15.5 Å². The van der Waals surface area contributed by atoms with Gasteiger partial charge in [-0.25, -0.2) is 9.38 Å². The highest BCUT2D eigenvalue weighted by Gasteiger charge is 2.11. The molecule has 3 rings (SSSR count). The summed E-state index contributed by atoms with van der Waals surface area (Å²) in [7, 11) is 1.46. The van der Waals surface area contributed by atoms with Crippen LogP contribution in [0.2, 0.25) is 0 Å². The number of guanidine groups is 1. The zero-order valence-corrected chi connectivity index (χ0v) is 20.1. The van der Waals surface area contributed by atoms with E-state index in [0.29, 0.717) is 19.0 Å². The first-order valence-electron chi connectivity index (χ1n) is 10.3. The second kappa shape index (κ2) is 12.7. The van der Waals surface area contributed by atoms with Crippen LogP contribution in [0, 0.1) is 5.82 Å². The summed E-state index contributed by atoms with van der Waals surface area (Å²) in [5, 5.41) is 6.58. The van der Waals surface area contributed by atoms with Gasteiger partial charge in [0.25, 0.3) is 0 Å². The van der Waals surface area contributed by atoms with E-state index in [4.69, 9.17) is 4.74 Å². The molecule has 0 radical (unpaired) electrons. The van der Waals surface area contributed by atoms with Gasteiger partial charge in [0.1, 0.15) is 0 Å². The summed E-state index contributed by atoms with van der Waals surface area (Å²) in [5.41, 5.74) is 3.36. The van der Waals surface area contributed by atoms with Crippen LogP contribution in [0.1, 0.15) is 36.5 Å². The van der Waals surface area contributed by atoms with Gasteiger partial charge in [0.15, 0.2) is 17.5 Å². The third-order valence-electron chi connectivity index (χ3n) is 5.07. The lowest BCUT2D eigenvalue weighted by Crippen LogP contribution is -2.36. The minimum absolute atomic E-state index is 0. The summed E-state index contributed by atoms with van der Waals surface area (Å²) in [4.78, 5) is 7.07. The molecule has 1 heterocycles. The average molecular weight is 526 g/mol. The van der Waals surface area contributed by atoms with Crippen molar-refractivity contribution in [2.24, 2.45) is 4.99 Å². The number of likely N-dealkylation sites (tertiary alicyclic amines) is 1. The van der Waals surface area contributed by atoms with E-state index in [1.165, 1.54) is 50.2 Å². The second-order valence-electron chi connectivity index (χ2n) is 7.32. The molecule has 2 aromatic rings. The summed E-state index contributed by atoms with van der Waals surface area (Å²) in [6, 6.07) is 13.7. The Hall–Kier alpha value is -1.87. The lowest BCUT2D eigenvalue weighted by Gasteiger charge is -2.15. The van der Waals surface area contributed by atoms with Crippen LogP contribution in [0.4, 0.5) is 4.39 Å². The van der Waals surface area contributed by atoms with Gasteiger partial charge in [-0.05, 0) is 61.7 Å². The number of methoxy groups -OCH3 is 1. The molecule has 164 valence electrons. The van der Waals surface area contributed by atoms with Crippen LogP contribution in [-0.4, -0.2) is 37.6 Å². The van der Waals surface area contributed by atoms with Gasteiger partial charge in [0, 0.05) is 19.6 Å². The number of rotatable bonds is 8. The Balaban J connectivity index is 0.00000320. The number of aliphatic imine (C=N–C) groups is 1. The van der Waals surface area contributed by atoms with E-state index in [1.807, 2.05) is 13.0 Å². The minimum atomic E-state index is -0.368. The molecule has 1 saturated heterocycles. The van der Waals surface area contributed by atoms with Gasteiger partial charge in [-0.3, -0.25) is 4.90 Å². The maximum absolute atomic E-state index is 13.8. The van der Waals surface area contributed by atoms with Crippen molar-refractivity contribution in [3.05, 3.63) is 65.0 Å². The molecule has 0 aliphatic carbocycles. The number of benzene rings is 2. The van der Waals surface area contributed by atoms with Crippen LogP contribution in [-0.2, 0) is 19.6 Å². The van der Waals surface area contributed by atoms with E-state index < -0.39 is 0 Å². The molecule has 0 unspecified atom stereocenters. The third kappa shape index (κ3) is 7.43. The lowest BCUT2D eigenvalue weighted by molar-refractivity contribution is 0.331. The van der Waals surface area contributed by atoms with Crippen molar-refractivity contribution in [2.45, 2.75) is 39.4 Å². The fraction of sp³-hybridized carbons (Fsp3) is 0.435. The van der Waals surface area contributed by atoms with Crippen molar-refractivity contribution in [3.63, 3.8) is 0 Å². The first kappa shape index (κ1) is 24.4. The van der Waals surface area contributed by atoms with Crippen molar-refractivity contribution < 1.29 is 9.13 Å². The SMILES string of the molecule is CCNC(=NCc1ccc(OC)c(F)c1)NCc1ccc(CN2CCCC2)cc1.I. The molecular weight excluding hydrogens is 494 g/mol. The van der Waals surface area contributed by atoms with Crippen LogP contribution in [0.15, 0.2) is 47.5 Å². The van der Waals surface area contributed by atoms with Gasteiger partial charge in [-0.15, -0.1) is 24.0 Å². The highest BCUT2D eigenvalue weighted by molar-refractivity contribution is 14.0. The van der Waals surface area contributed by atoms with Gasteiger partial charge in [0.05, 0.1) is 13.7 Å². The fourth-order valence-electron chi connectivity index (χ4n) is 3.47. The summed E-state index contributed by atoms with van der Waals surface area (Å²) in [6.07, 6.45) is 2.63. The molecule has 0 saturated carbocycles. The predicted molar refractivity (Wildman–Crippen MR) is 131 cm³/mol.